The SMILES string of the molecule is COC(=O)CCc1ccc(C(Nc2ccc(C(C)(C)N)cc2)=C2C(=O)Nc3ccc(C(C)=O)cc32)cc1. The molecule has 7 nitrogen and oxygen atoms in total. The third-order valence-electron chi connectivity index (χ3n) is 6.41. The molecule has 0 bridgehead atoms. The highest BCUT2D eigenvalue weighted by Crippen LogP contribution is 2.38. The van der Waals surface area contributed by atoms with Gasteiger partial charge in [0, 0.05) is 34.5 Å². The molecule has 0 radical (unpaired) electrons. The first kappa shape index (κ1) is 25.9. The second-order valence-electron chi connectivity index (χ2n) is 9.72. The fourth-order valence-electron chi connectivity index (χ4n) is 4.23. The van der Waals surface area contributed by atoms with Gasteiger partial charge in [0.2, 0.25) is 0 Å². The Morgan fingerprint density at radius 3 is 2.22 bits per heavy atom. The Hall–Kier alpha value is -4.23. The Bertz CT molecular complexity index is 1380. The van der Waals surface area contributed by atoms with Gasteiger partial charge in [-0.3, -0.25) is 14.4 Å². The summed E-state index contributed by atoms with van der Waals surface area (Å²) in [5.74, 6) is -0.600. The summed E-state index contributed by atoms with van der Waals surface area (Å²) in [5, 5.41) is 6.35. The maximum atomic E-state index is 13.2. The molecule has 1 aliphatic rings. The number of amides is 1. The summed E-state index contributed by atoms with van der Waals surface area (Å²) in [5.41, 5.74) is 12.2. The lowest BCUT2D eigenvalue weighted by atomic mass is 9.95. The molecule has 190 valence electrons. The molecule has 1 aliphatic heterocycles. The number of fused-ring (bicyclic) bond motifs is 1. The van der Waals surface area contributed by atoms with Gasteiger partial charge in [-0.15, -0.1) is 0 Å². The van der Waals surface area contributed by atoms with Crippen molar-refractivity contribution in [3.8, 4) is 0 Å². The Kier molecular flexibility index (Phi) is 7.27. The van der Waals surface area contributed by atoms with Crippen LogP contribution in [0, 0.1) is 0 Å². The first-order valence-corrected chi connectivity index (χ1v) is 12.1. The number of nitrogens with two attached hydrogens (primary N) is 1. The smallest absolute Gasteiger partial charge is 0.305 e. The number of methoxy groups -OCH3 is 1. The van der Waals surface area contributed by atoms with Crippen molar-refractivity contribution in [2.24, 2.45) is 5.73 Å². The fraction of sp³-hybridized carbons (Fsp3) is 0.233. The summed E-state index contributed by atoms with van der Waals surface area (Å²) in [6.45, 7) is 5.38. The van der Waals surface area contributed by atoms with Crippen molar-refractivity contribution in [1.29, 1.82) is 0 Å². The van der Waals surface area contributed by atoms with Gasteiger partial charge in [-0.25, -0.2) is 0 Å². The van der Waals surface area contributed by atoms with E-state index in [-0.39, 0.29) is 24.1 Å². The minimum atomic E-state index is -0.479. The summed E-state index contributed by atoms with van der Waals surface area (Å²) in [4.78, 5) is 36.8. The molecule has 4 N–H and O–H groups in total. The normalized spacial score (nSPS) is 14.0. The van der Waals surface area contributed by atoms with Crippen LogP contribution in [-0.2, 0) is 26.3 Å². The second-order valence-corrected chi connectivity index (χ2v) is 9.72. The Labute approximate surface area is 216 Å². The van der Waals surface area contributed by atoms with E-state index in [1.807, 2.05) is 62.4 Å². The molecule has 3 aromatic carbocycles. The lowest BCUT2D eigenvalue weighted by Crippen LogP contribution is -2.28. The lowest BCUT2D eigenvalue weighted by Gasteiger charge is -2.20. The Balaban J connectivity index is 1.79. The van der Waals surface area contributed by atoms with Crippen LogP contribution in [0.15, 0.2) is 66.7 Å². The number of aryl methyl sites for hydroxylation is 1. The number of Topliss-reactive ketones (excluding diaryl/α,β-unsaturated/α-hetero) is 1. The maximum Gasteiger partial charge on any atom is 0.305 e. The second kappa shape index (κ2) is 10.4. The highest BCUT2D eigenvalue weighted by Gasteiger charge is 2.29. The number of benzene rings is 3. The predicted octanol–water partition coefficient (Wildman–Crippen LogP) is 5.12. The number of esters is 1. The summed E-state index contributed by atoms with van der Waals surface area (Å²) in [6, 6.07) is 20.7. The average Bonchev–Trinajstić information content (AvgIpc) is 3.20. The molecule has 0 unspecified atom stereocenters. The van der Waals surface area contributed by atoms with Gasteiger partial charge in [0.15, 0.2) is 5.78 Å². The van der Waals surface area contributed by atoms with E-state index in [0.717, 1.165) is 22.4 Å². The zero-order chi connectivity index (χ0) is 26.7. The Morgan fingerprint density at radius 2 is 1.62 bits per heavy atom. The van der Waals surface area contributed by atoms with Gasteiger partial charge in [0.25, 0.3) is 5.91 Å². The number of ketones is 1. The molecule has 0 atom stereocenters. The summed E-state index contributed by atoms with van der Waals surface area (Å²) in [7, 11) is 1.37. The molecule has 1 heterocycles. The highest BCUT2D eigenvalue weighted by molar-refractivity contribution is 6.37. The predicted molar refractivity (Wildman–Crippen MR) is 146 cm³/mol. The van der Waals surface area contributed by atoms with E-state index in [4.69, 9.17) is 10.5 Å². The van der Waals surface area contributed by atoms with Crippen LogP contribution in [0.4, 0.5) is 11.4 Å². The maximum absolute atomic E-state index is 13.2. The third kappa shape index (κ3) is 5.78. The van der Waals surface area contributed by atoms with Gasteiger partial charge in [0.1, 0.15) is 0 Å². The van der Waals surface area contributed by atoms with Crippen LogP contribution in [0.1, 0.15) is 59.8 Å². The van der Waals surface area contributed by atoms with Crippen molar-refractivity contribution in [1.82, 2.24) is 0 Å². The molecule has 0 fully saturated rings. The van der Waals surface area contributed by atoms with E-state index >= 15 is 0 Å². The van der Waals surface area contributed by atoms with Gasteiger partial charge in [-0.05, 0) is 74.2 Å². The first-order chi connectivity index (χ1) is 17.6. The molecule has 37 heavy (non-hydrogen) atoms. The van der Waals surface area contributed by atoms with Crippen molar-refractivity contribution in [3.63, 3.8) is 0 Å². The van der Waals surface area contributed by atoms with Crippen LogP contribution >= 0.6 is 0 Å². The number of anilines is 2. The number of ether oxygens (including phenoxy) is 1. The van der Waals surface area contributed by atoms with Crippen molar-refractivity contribution < 1.29 is 19.1 Å². The summed E-state index contributed by atoms with van der Waals surface area (Å²) in [6.07, 6.45) is 0.837. The largest absolute Gasteiger partial charge is 0.469 e. The van der Waals surface area contributed by atoms with Gasteiger partial charge in [-0.1, -0.05) is 36.4 Å². The minimum absolute atomic E-state index is 0.0778. The van der Waals surface area contributed by atoms with Crippen molar-refractivity contribution >= 4 is 40.3 Å². The number of rotatable bonds is 8. The average molecular weight is 498 g/mol. The van der Waals surface area contributed by atoms with E-state index in [9.17, 15) is 14.4 Å². The molecule has 1 amide bonds. The van der Waals surface area contributed by atoms with Crippen molar-refractivity contribution in [3.05, 3.63) is 94.5 Å². The molecule has 3 aromatic rings. The van der Waals surface area contributed by atoms with Crippen LogP contribution in [0.3, 0.4) is 0 Å². The zero-order valence-electron chi connectivity index (χ0n) is 21.5. The number of hydrogen-bond donors (Lipinski definition) is 3. The van der Waals surface area contributed by atoms with Crippen LogP contribution in [0.2, 0.25) is 0 Å². The molecule has 0 saturated heterocycles. The van der Waals surface area contributed by atoms with Crippen LogP contribution in [0.5, 0.6) is 0 Å². The van der Waals surface area contributed by atoms with Gasteiger partial charge >= 0.3 is 5.97 Å². The molecule has 0 saturated carbocycles. The minimum Gasteiger partial charge on any atom is -0.469 e. The molecule has 0 spiro atoms. The molecule has 0 aromatic heterocycles. The first-order valence-electron chi connectivity index (χ1n) is 12.1. The number of nitrogens with one attached hydrogen (secondary N) is 2. The zero-order valence-corrected chi connectivity index (χ0v) is 21.5. The highest BCUT2D eigenvalue weighted by atomic mass is 16.5. The summed E-state index contributed by atoms with van der Waals surface area (Å²) >= 11 is 0. The standard InChI is InChI=1S/C30H31N3O4/c1-18(34)21-10-15-25-24(17-21)27(29(36)33-25)28(32-23-13-11-22(12-14-23)30(2,3)31)20-8-5-19(6-9-20)7-16-26(35)37-4/h5-6,8-15,17,32H,7,16,31H2,1-4H3,(H,33,36). The van der Waals surface area contributed by atoms with E-state index in [1.165, 1.54) is 14.0 Å². The molecular weight excluding hydrogens is 466 g/mol. The van der Waals surface area contributed by atoms with Gasteiger partial charge in [0.05, 0.1) is 18.4 Å². The molecule has 4 rings (SSSR count). The van der Waals surface area contributed by atoms with E-state index in [0.29, 0.717) is 34.5 Å². The number of carbonyl (C=O) groups excluding carboxylic acids is 3. The van der Waals surface area contributed by atoms with Gasteiger partial charge in [-0.2, -0.15) is 0 Å². The van der Waals surface area contributed by atoms with Crippen LogP contribution in [0.25, 0.3) is 11.3 Å². The monoisotopic (exact) mass is 497 g/mol. The Morgan fingerprint density at radius 1 is 0.973 bits per heavy atom. The third-order valence-corrected chi connectivity index (χ3v) is 6.41. The fourth-order valence-corrected chi connectivity index (χ4v) is 4.23. The molecular formula is C30H31N3O4. The van der Waals surface area contributed by atoms with Crippen LogP contribution in [-0.4, -0.2) is 24.8 Å². The van der Waals surface area contributed by atoms with E-state index < -0.39 is 5.54 Å². The van der Waals surface area contributed by atoms with Crippen molar-refractivity contribution in [2.75, 3.05) is 17.7 Å². The quantitative estimate of drug-likeness (QED) is 0.226. The topological polar surface area (TPSA) is 111 Å². The number of carbonyl (C=O) groups is 3. The van der Waals surface area contributed by atoms with E-state index in [2.05, 4.69) is 10.6 Å². The molecule has 7 heteroatoms. The van der Waals surface area contributed by atoms with Gasteiger partial charge < -0.3 is 21.1 Å². The molecule has 0 aliphatic carbocycles. The number of hydrogen-bond acceptors (Lipinski definition) is 6. The summed E-state index contributed by atoms with van der Waals surface area (Å²) < 4.78 is 4.74. The van der Waals surface area contributed by atoms with Crippen molar-refractivity contribution in [2.45, 2.75) is 39.2 Å². The lowest BCUT2D eigenvalue weighted by molar-refractivity contribution is -0.140. The van der Waals surface area contributed by atoms with E-state index in [1.54, 1.807) is 18.2 Å². The van der Waals surface area contributed by atoms with Crippen LogP contribution < -0.4 is 16.4 Å².